The number of nitrogens with zero attached hydrogens (tertiary/aromatic N) is 1. The number of hydrogen-bond donors (Lipinski definition) is 1. The minimum Gasteiger partial charge on any atom is -0.441 e. The van der Waals surface area contributed by atoms with Crippen molar-refractivity contribution in [2.24, 2.45) is 0 Å². The van der Waals surface area contributed by atoms with Gasteiger partial charge in [-0.3, -0.25) is 4.79 Å². The van der Waals surface area contributed by atoms with Gasteiger partial charge < -0.3 is 9.73 Å². The van der Waals surface area contributed by atoms with Crippen molar-refractivity contribution < 1.29 is 9.21 Å². The first-order chi connectivity index (χ1) is 12.0. The minimum absolute atomic E-state index is 0.0478. The van der Waals surface area contributed by atoms with Crippen molar-refractivity contribution in [1.82, 2.24) is 4.98 Å². The van der Waals surface area contributed by atoms with E-state index in [1.807, 2.05) is 50.2 Å². The lowest BCUT2D eigenvalue weighted by atomic mass is 10.1. The number of amides is 1. The second-order valence-electron chi connectivity index (χ2n) is 6.05. The summed E-state index contributed by atoms with van der Waals surface area (Å²) < 4.78 is 6.75. The maximum Gasteiger partial charge on any atom is 0.224 e. The Balaban J connectivity index is 1.58. The number of carbonyl (C=O) groups excluding carboxylic acids is 1. The topological polar surface area (TPSA) is 55.1 Å². The van der Waals surface area contributed by atoms with Gasteiger partial charge in [0.2, 0.25) is 5.91 Å². The summed E-state index contributed by atoms with van der Waals surface area (Å²) in [5.74, 6) is 1.22. The quantitative estimate of drug-likeness (QED) is 0.634. The number of halogens is 1. The highest BCUT2D eigenvalue weighted by Gasteiger charge is 2.09. The van der Waals surface area contributed by atoms with E-state index in [4.69, 9.17) is 4.42 Å². The number of oxazole rings is 1. The fraction of sp³-hybridized carbons (Fsp3) is 0.200. The summed E-state index contributed by atoms with van der Waals surface area (Å²) in [7, 11) is 0. The van der Waals surface area contributed by atoms with Crippen LogP contribution in [0.5, 0.6) is 0 Å². The molecule has 0 fully saturated rings. The molecule has 0 atom stereocenters. The molecule has 3 rings (SSSR count). The maximum atomic E-state index is 12.1. The summed E-state index contributed by atoms with van der Waals surface area (Å²) >= 11 is 3.41. The van der Waals surface area contributed by atoms with E-state index in [0.717, 1.165) is 26.9 Å². The number of carbonyl (C=O) groups is 1. The maximum absolute atomic E-state index is 12.1. The van der Waals surface area contributed by atoms with E-state index in [1.54, 1.807) is 6.20 Å². The number of anilines is 1. The van der Waals surface area contributed by atoms with Gasteiger partial charge in [-0.25, -0.2) is 4.98 Å². The van der Waals surface area contributed by atoms with E-state index in [0.29, 0.717) is 24.5 Å². The first-order valence-electron chi connectivity index (χ1n) is 8.08. The van der Waals surface area contributed by atoms with Crippen LogP contribution in [0, 0.1) is 13.8 Å². The van der Waals surface area contributed by atoms with Crippen LogP contribution in [0.4, 0.5) is 5.69 Å². The van der Waals surface area contributed by atoms with Crippen molar-refractivity contribution in [3.8, 4) is 11.3 Å². The first kappa shape index (κ1) is 17.4. The monoisotopic (exact) mass is 398 g/mol. The molecule has 1 heterocycles. The standard InChI is InChI=1S/C20H19BrN2O2/c1-13-9-14(2)11-17(10-13)23-19(24)7-8-20-22-12-18(25-20)15-3-5-16(21)6-4-15/h3-6,9-12H,7-8H2,1-2H3,(H,23,24). The highest BCUT2D eigenvalue weighted by molar-refractivity contribution is 9.10. The number of hydrogen-bond acceptors (Lipinski definition) is 3. The Bertz CT molecular complexity index is 865. The molecule has 5 heteroatoms. The lowest BCUT2D eigenvalue weighted by molar-refractivity contribution is -0.116. The molecule has 0 aliphatic carbocycles. The van der Waals surface area contributed by atoms with E-state index in [2.05, 4.69) is 32.3 Å². The van der Waals surface area contributed by atoms with Crippen LogP contribution in [0.2, 0.25) is 0 Å². The molecular formula is C20H19BrN2O2. The Labute approximate surface area is 155 Å². The molecule has 0 aliphatic heterocycles. The zero-order chi connectivity index (χ0) is 17.8. The van der Waals surface area contributed by atoms with Crippen LogP contribution in [0.1, 0.15) is 23.4 Å². The number of benzene rings is 2. The lowest BCUT2D eigenvalue weighted by Gasteiger charge is -2.07. The number of aromatic nitrogens is 1. The Morgan fingerprint density at radius 1 is 1.12 bits per heavy atom. The van der Waals surface area contributed by atoms with Gasteiger partial charge in [-0.05, 0) is 49.2 Å². The van der Waals surface area contributed by atoms with Crippen molar-refractivity contribution in [3.05, 3.63) is 70.2 Å². The van der Waals surface area contributed by atoms with Crippen molar-refractivity contribution in [2.45, 2.75) is 26.7 Å². The summed E-state index contributed by atoms with van der Waals surface area (Å²) in [5, 5.41) is 2.92. The Hall–Kier alpha value is -2.40. The van der Waals surface area contributed by atoms with Crippen LogP contribution < -0.4 is 5.32 Å². The third-order valence-corrected chi connectivity index (χ3v) is 4.28. The lowest BCUT2D eigenvalue weighted by Crippen LogP contribution is -2.12. The molecule has 3 aromatic rings. The van der Waals surface area contributed by atoms with Crippen molar-refractivity contribution >= 4 is 27.5 Å². The summed E-state index contributed by atoms with van der Waals surface area (Å²) in [6.07, 6.45) is 2.49. The van der Waals surface area contributed by atoms with E-state index in [9.17, 15) is 4.79 Å². The zero-order valence-electron chi connectivity index (χ0n) is 14.2. The first-order valence-corrected chi connectivity index (χ1v) is 8.88. The van der Waals surface area contributed by atoms with Crippen LogP contribution in [0.3, 0.4) is 0 Å². The molecule has 128 valence electrons. The fourth-order valence-corrected chi connectivity index (χ4v) is 2.93. The van der Waals surface area contributed by atoms with E-state index >= 15 is 0 Å². The molecule has 0 unspecified atom stereocenters. The predicted octanol–water partition coefficient (Wildman–Crippen LogP) is 5.29. The molecule has 1 aromatic heterocycles. The third-order valence-electron chi connectivity index (χ3n) is 3.75. The van der Waals surface area contributed by atoms with Crippen LogP contribution in [0.15, 0.2) is 57.6 Å². The molecule has 0 spiro atoms. The smallest absolute Gasteiger partial charge is 0.224 e. The van der Waals surface area contributed by atoms with E-state index < -0.39 is 0 Å². The largest absolute Gasteiger partial charge is 0.441 e. The second-order valence-corrected chi connectivity index (χ2v) is 6.97. The molecule has 0 aliphatic rings. The molecule has 4 nitrogen and oxygen atoms in total. The SMILES string of the molecule is Cc1cc(C)cc(NC(=O)CCc2ncc(-c3ccc(Br)cc3)o2)c1. The minimum atomic E-state index is -0.0478. The molecule has 0 radical (unpaired) electrons. The molecule has 0 bridgehead atoms. The van der Waals surface area contributed by atoms with Gasteiger partial charge in [0.05, 0.1) is 6.20 Å². The highest BCUT2D eigenvalue weighted by Crippen LogP contribution is 2.23. The van der Waals surface area contributed by atoms with Crippen LogP contribution >= 0.6 is 15.9 Å². The average Bonchev–Trinajstić information content (AvgIpc) is 3.01. The average molecular weight is 399 g/mol. The molecule has 2 aromatic carbocycles. The zero-order valence-corrected chi connectivity index (χ0v) is 15.8. The Morgan fingerprint density at radius 3 is 2.48 bits per heavy atom. The molecule has 0 saturated carbocycles. The van der Waals surface area contributed by atoms with Gasteiger partial charge in [-0.2, -0.15) is 0 Å². The van der Waals surface area contributed by atoms with Gasteiger partial charge in [-0.1, -0.05) is 34.1 Å². The van der Waals surface area contributed by atoms with Crippen LogP contribution in [0.25, 0.3) is 11.3 Å². The van der Waals surface area contributed by atoms with Gasteiger partial charge >= 0.3 is 0 Å². The number of nitrogens with one attached hydrogen (secondary N) is 1. The van der Waals surface area contributed by atoms with E-state index in [-0.39, 0.29) is 5.91 Å². The van der Waals surface area contributed by atoms with Gasteiger partial charge in [0.1, 0.15) is 0 Å². The van der Waals surface area contributed by atoms with Crippen molar-refractivity contribution in [1.29, 1.82) is 0 Å². The van der Waals surface area contributed by atoms with Crippen molar-refractivity contribution in [3.63, 3.8) is 0 Å². The summed E-state index contributed by atoms with van der Waals surface area (Å²) in [6, 6.07) is 13.8. The van der Waals surface area contributed by atoms with E-state index in [1.165, 1.54) is 0 Å². The summed E-state index contributed by atoms with van der Waals surface area (Å²) in [4.78, 5) is 16.4. The normalized spacial score (nSPS) is 10.7. The Morgan fingerprint density at radius 2 is 1.80 bits per heavy atom. The van der Waals surface area contributed by atoms with Gasteiger partial charge in [0, 0.05) is 28.6 Å². The fourth-order valence-electron chi connectivity index (χ4n) is 2.66. The van der Waals surface area contributed by atoms with Crippen molar-refractivity contribution in [2.75, 3.05) is 5.32 Å². The van der Waals surface area contributed by atoms with Crippen LogP contribution in [-0.2, 0) is 11.2 Å². The molecular weight excluding hydrogens is 380 g/mol. The molecule has 1 amide bonds. The van der Waals surface area contributed by atoms with Gasteiger partial charge in [0.15, 0.2) is 11.7 Å². The summed E-state index contributed by atoms with van der Waals surface area (Å²) in [5.41, 5.74) is 4.04. The molecule has 0 saturated heterocycles. The number of rotatable bonds is 5. The number of aryl methyl sites for hydroxylation is 3. The van der Waals surface area contributed by atoms with Gasteiger partial charge in [0.25, 0.3) is 0 Å². The summed E-state index contributed by atoms with van der Waals surface area (Å²) in [6.45, 7) is 4.03. The predicted molar refractivity (Wildman–Crippen MR) is 103 cm³/mol. The highest BCUT2D eigenvalue weighted by atomic mass is 79.9. The molecule has 25 heavy (non-hydrogen) atoms. The Kier molecular flexibility index (Phi) is 5.34. The third kappa shape index (κ3) is 4.79. The van der Waals surface area contributed by atoms with Crippen LogP contribution in [-0.4, -0.2) is 10.9 Å². The van der Waals surface area contributed by atoms with Gasteiger partial charge in [-0.15, -0.1) is 0 Å². The second kappa shape index (κ2) is 7.66. The molecule has 1 N–H and O–H groups in total.